The third-order valence-corrected chi connectivity index (χ3v) is 2.63. The highest BCUT2D eigenvalue weighted by Crippen LogP contribution is 2.16. The molecule has 0 aliphatic carbocycles. The molecule has 0 aliphatic heterocycles. The minimum Gasteiger partial charge on any atom is -0.364 e. The number of carbonyl (C=O) groups is 1. The highest BCUT2D eigenvalue weighted by molar-refractivity contribution is 5.99. The molecular formula is C15H20N2O. The number of hydrogen-bond acceptors (Lipinski definition) is 3. The Kier molecular flexibility index (Phi) is 5.33. The Morgan fingerprint density at radius 1 is 1.28 bits per heavy atom. The molecule has 3 nitrogen and oxygen atoms in total. The second kappa shape index (κ2) is 6.77. The van der Waals surface area contributed by atoms with Crippen molar-refractivity contribution in [2.24, 2.45) is 5.73 Å². The zero-order chi connectivity index (χ0) is 13.5. The summed E-state index contributed by atoms with van der Waals surface area (Å²) in [5.74, 6) is -0.0412. The summed E-state index contributed by atoms with van der Waals surface area (Å²) in [6.45, 7) is 10.6. The van der Waals surface area contributed by atoms with Crippen LogP contribution >= 0.6 is 0 Å². The van der Waals surface area contributed by atoms with Crippen molar-refractivity contribution in [1.82, 2.24) is 0 Å². The molecule has 1 atom stereocenters. The van der Waals surface area contributed by atoms with Crippen molar-refractivity contribution in [2.75, 3.05) is 18.0 Å². The summed E-state index contributed by atoms with van der Waals surface area (Å²) in [5, 5.41) is 0. The summed E-state index contributed by atoms with van der Waals surface area (Å²) in [4.78, 5) is 13.8. The van der Waals surface area contributed by atoms with Crippen LogP contribution in [-0.2, 0) is 0 Å². The Bertz CT molecular complexity index is 411. The minimum atomic E-state index is -0.465. The number of benzene rings is 1. The number of hydrogen-bond donors (Lipinski definition) is 1. The van der Waals surface area contributed by atoms with Gasteiger partial charge in [-0.25, -0.2) is 0 Å². The van der Waals surface area contributed by atoms with Crippen LogP contribution in [-0.4, -0.2) is 24.9 Å². The smallest absolute Gasteiger partial charge is 0.179 e. The van der Waals surface area contributed by atoms with Crippen molar-refractivity contribution in [3.05, 3.63) is 55.1 Å². The van der Waals surface area contributed by atoms with E-state index in [1.165, 1.54) is 0 Å². The lowest BCUT2D eigenvalue weighted by Crippen LogP contribution is -2.27. The molecule has 0 saturated heterocycles. The van der Waals surface area contributed by atoms with Crippen LogP contribution < -0.4 is 10.6 Å². The molecule has 0 aliphatic rings. The molecule has 1 aromatic carbocycles. The average molecular weight is 244 g/mol. The van der Waals surface area contributed by atoms with Crippen LogP contribution in [0.4, 0.5) is 5.69 Å². The number of rotatable bonds is 7. The van der Waals surface area contributed by atoms with Gasteiger partial charge in [0.25, 0.3) is 0 Å². The van der Waals surface area contributed by atoms with Crippen molar-refractivity contribution < 1.29 is 4.79 Å². The molecule has 1 unspecified atom stereocenters. The van der Waals surface area contributed by atoms with Gasteiger partial charge in [0.15, 0.2) is 5.78 Å². The van der Waals surface area contributed by atoms with Gasteiger partial charge in [0.2, 0.25) is 0 Å². The summed E-state index contributed by atoms with van der Waals surface area (Å²) in [5.41, 5.74) is 7.26. The van der Waals surface area contributed by atoms with Crippen LogP contribution in [0.25, 0.3) is 0 Å². The molecule has 0 amide bonds. The molecule has 96 valence electrons. The van der Waals surface area contributed by atoms with Gasteiger partial charge in [-0.3, -0.25) is 4.79 Å². The van der Waals surface area contributed by atoms with Crippen molar-refractivity contribution in [3.8, 4) is 0 Å². The first-order valence-electron chi connectivity index (χ1n) is 5.96. The van der Waals surface area contributed by atoms with E-state index in [2.05, 4.69) is 18.1 Å². The highest BCUT2D eigenvalue weighted by atomic mass is 16.1. The van der Waals surface area contributed by atoms with Crippen LogP contribution in [0.3, 0.4) is 0 Å². The molecule has 18 heavy (non-hydrogen) atoms. The summed E-state index contributed by atoms with van der Waals surface area (Å²) >= 11 is 0. The number of ketones is 1. The van der Waals surface area contributed by atoms with E-state index in [1.54, 1.807) is 19.1 Å². The van der Waals surface area contributed by atoms with E-state index in [1.807, 2.05) is 24.3 Å². The lowest BCUT2D eigenvalue weighted by Gasteiger charge is -2.21. The van der Waals surface area contributed by atoms with E-state index >= 15 is 0 Å². The molecule has 3 heteroatoms. The Morgan fingerprint density at radius 3 is 2.17 bits per heavy atom. The number of anilines is 1. The third-order valence-electron chi connectivity index (χ3n) is 2.63. The largest absolute Gasteiger partial charge is 0.364 e. The molecule has 0 aromatic heterocycles. The van der Waals surface area contributed by atoms with E-state index in [0.717, 1.165) is 18.8 Å². The molecule has 0 saturated carbocycles. The van der Waals surface area contributed by atoms with E-state index < -0.39 is 6.04 Å². The minimum absolute atomic E-state index is 0.0412. The van der Waals surface area contributed by atoms with Gasteiger partial charge in [-0.2, -0.15) is 0 Å². The Labute approximate surface area is 109 Å². The second-order valence-electron chi connectivity index (χ2n) is 4.18. The summed E-state index contributed by atoms with van der Waals surface area (Å²) in [6.07, 6.45) is 3.68. The van der Waals surface area contributed by atoms with Gasteiger partial charge in [-0.1, -0.05) is 12.2 Å². The van der Waals surface area contributed by atoms with E-state index in [0.29, 0.717) is 5.56 Å². The number of Topliss-reactive ketones (excluding diaryl/α,β-unsaturated/α-hetero) is 1. The summed E-state index contributed by atoms with van der Waals surface area (Å²) in [7, 11) is 0. The maximum absolute atomic E-state index is 11.7. The molecule has 2 N–H and O–H groups in total. The second-order valence-corrected chi connectivity index (χ2v) is 4.18. The third kappa shape index (κ3) is 3.57. The maximum Gasteiger partial charge on any atom is 0.179 e. The molecule has 0 spiro atoms. The lowest BCUT2D eigenvalue weighted by molar-refractivity contribution is 0.0968. The van der Waals surface area contributed by atoms with E-state index in [4.69, 9.17) is 5.73 Å². The molecule has 0 radical (unpaired) electrons. The first kappa shape index (κ1) is 14.2. The van der Waals surface area contributed by atoms with Crippen molar-refractivity contribution in [2.45, 2.75) is 13.0 Å². The monoisotopic (exact) mass is 244 g/mol. The van der Waals surface area contributed by atoms with E-state index in [-0.39, 0.29) is 5.78 Å². The van der Waals surface area contributed by atoms with Crippen LogP contribution in [0.2, 0.25) is 0 Å². The van der Waals surface area contributed by atoms with Crippen LogP contribution in [0.5, 0.6) is 0 Å². The van der Waals surface area contributed by atoms with Gasteiger partial charge >= 0.3 is 0 Å². The molecule has 1 rings (SSSR count). The zero-order valence-electron chi connectivity index (χ0n) is 10.8. The van der Waals surface area contributed by atoms with Crippen LogP contribution in [0.15, 0.2) is 49.6 Å². The van der Waals surface area contributed by atoms with E-state index in [9.17, 15) is 4.79 Å². The number of nitrogens with zero attached hydrogens (tertiary/aromatic N) is 1. The Morgan fingerprint density at radius 2 is 1.78 bits per heavy atom. The predicted octanol–water partition coefficient (Wildman–Crippen LogP) is 2.39. The van der Waals surface area contributed by atoms with Crippen molar-refractivity contribution in [1.29, 1.82) is 0 Å². The maximum atomic E-state index is 11.7. The first-order chi connectivity index (χ1) is 8.60. The normalized spacial score (nSPS) is 11.7. The van der Waals surface area contributed by atoms with Gasteiger partial charge in [0.05, 0.1) is 6.04 Å². The van der Waals surface area contributed by atoms with Gasteiger partial charge in [0, 0.05) is 24.3 Å². The van der Waals surface area contributed by atoms with Gasteiger partial charge in [-0.05, 0) is 31.2 Å². The van der Waals surface area contributed by atoms with Crippen LogP contribution in [0, 0.1) is 0 Å². The lowest BCUT2D eigenvalue weighted by atomic mass is 10.1. The number of carbonyl (C=O) groups excluding carboxylic acids is 1. The topological polar surface area (TPSA) is 46.3 Å². The molecule has 0 fully saturated rings. The van der Waals surface area contributed by atoms with Crippen LogP contribution in [0.1, 0.15) is 17.3 Å². The van der Waals surface area contributed by atoms with Crippen molar-refractivity contribution in [3.63, 3.8) is 0 Å². The first-order valence-corrected chi connectivity index (χ1v) is 5.96. The molecule has 1 aromatic rings. The molecule has 0 bridgehead atoms. The SMILES string of the molecule is C=CCN(CC=C)c1ccc(C(=O)C(C)N)cc1. The Balaban J connectivity index is 2.89. The fourth-order valence-electron chi connectivity index (χ4n) is 1.70. The number of nitrogens with two attached hydrogens (primary N) is 1. The Hall–Kier alpha value is -1.87. The quantitative estimate of drug-likeness (QED) is 0.592. The molecule has 0 heterocycles. The van der Waals surface area contributed by atoms with Gasteiger partial charge in [-0.15, -0.1) is 13.2 Å². The fourth-order valence-corrected chi connectivity index (χ4v) is 1.70. The fraction of sp³-hybridized carbons (Fsp3) is 0.267. The molecular weight excluding hydrogens is 224 g/mol. The standard InChI is InChI=1S/C15H20N2O/c1-4-10-17(11-5-2)14-8-6-13(7-9-14)15(18)12(3)16/h4-9,12H,1-2,10-11,16H2,3H3. The zero-order valence-corrected chi connectivity index (χ0v) is 10.8. The summed E-state index contributed by atoms with van der Waals surface area (Å²) < 4.78 is 0. The predicted molar refractivity (Wildman–Crippen MR) is 77.0 cm³/mol. The van der Waals surface area contributed by atoms with Gasteiger partial charge < -0.3 is 10.6 Å². The van der Waals surface area contributed by atoms with Gasteiger partial charge in [0.1, 0.15) is 0 Å². The van der Waals surface area contributed by atoms with Crippen molar-refractivity contribution >= 4 is 11.5 Å². The summed E-state index contributed by atoms with van der Waals surface area (Å²) in [6, 6.07) is 6.99. The average Bonchev–Trinajstić information content (AvgIpc) is 2.38. The highest BCUT2D eigenvalue weighted by Gasteiger charge is 2.11.